The number of carbonyl (C=O) groups is 1. The van der Waals surface area contributed by atoms with Gasteiger partial charge in [0.25, 0.3) is 0 Å². The van der Waals surface area contributed by atoms with Gasteiger partial charge in [0.15, 0.2) is 0 Å². The second kappa shape index (κ2) is 4.78. The van der Waals surface area contributed by atoms with Crippen molar-refractivity contribution in [3.05, 3.63) is 41.0 Å². The van der Waals surface area contributed by atoms with Crippen molar-refractivity contribution in [2.75, 3.05) is 5.32 Å². The summed E-state index contributed by atoms with van der Waals surface area (Å²) in [4.78, 5) is 11.5. The van der Waals surface area contributed by atoms with Crippen LogP contribution in [0.25, 0.3) is 0 Å². The Morgan fingerprint density at radius 2 is 1.67 bits per heavy atom. The number of benzene rings is 1. The highest BCUT2D eigenvalue weighted by Gasteiger charge is 1.99. The first-order valence-corrected chi connectivity index (χ1v) is 5.01. The molecule has 0 saturated carbocycles. The Morgan fingerprint density at radius 1 is 1.13 bits per heavy atom. The van der Waals surface area contributed by atoms with Crippen LogP contribution in [0.2, 0.25) is 0 Å². The largest absolute Gasteiger partial charge is 0.322 e. The minimum atomic E-state index is -0.0694. The maximum atomic E-state index is 11.5. The van der Waals surface area contributed by atoms with Crippen LogP contribution >= 0.6 is 0 Å². The highest BCUT2D eigenvalue weighted by molar-refractivity contribution is 5.99. The van der Waals surface area contributed by atoms with E-state index in [9.17, 15) is 4.79 Å². The van der Waals surface area contributed by atoms with Crippen molar-refractivity contribution in [3.63, 3.8) is 0 Å². The number of amides is 1. The highest BCUT2D eigenvalue weighted by Crippen LogP contribution is 2.13. The van der Waals surface area contributed by atoms with Crippen molar-refractivity contribution < 1.29 is 4.79 Å². The van der Waals surface area contributed by atoms with Crippen molar-refractivity contribution in [2.24, 2.45) is 0 Å². The molecule has 0 aliphatic carbocycles. The summed E-state index contributed by atoms with van der Waals surface area (Å²) < 4.78 is 0. The van der Waals surface area contributed by atoms with E-state index in [0.29, 0.717) is 0 Å². The third kappa shape index (κ3) is 3.98. The Morgan fingerprint density at radius 3 is 2.13 bits per heavy atom. The summed E-state index contributed by atoms with van der Waals surface area (Å²) >= 11 is 0. The molecule has 0 aliphatic heterocycles. The molecule has 0 saturated heterocycles. The lowest BCUT2D eigenvalue weighted by Gasteiger charge is -2.05. The number of nitrogens with one attached hydrogen (secondary N) is 1. The fourth-order valence-electron chi connectivity index (χ4n) is 1.49. The molecule has 1 aromatic rings. The summed E-state index contributed by atoms with van der Waals surface area (Å²) in [5.74, 6) is -0.0694. The number of carbonyl (C=O) groups excluding carboxylic acids is 1. The fourth-order valence-corrected chi connectivity index (χ4v) is 1.49. The van der Waals surface area contributed by atoms with Crippen LogP contribution in [0.3, 0.4) is 0 Å². The van der Waals surface area contributed by atoms with E-state index in [2.05, 4.69) is 11.4 Å². The molecule has 2 nitrogen and oxygen atoms in total. The third-order valence-electron chi connectivity index (χ3n) is 1.91. The van der Waals surface area contributed by atoms with Gasteiger partial charge in [-0.1, -0.05) is 11.6 Å². The third-order valence-corrected chi connectivity index (χ3v) is 1.91. The first-order valence-electron chi connectivity index (χ1n) is 5.01. The fraction of sp³-hybridized carbons (Fsp3) is 0.308. The van der Waals surface area contributed by atoms with E-state index in [0.717, 1.165) is 22.4 Å². The Balaban J connectivity index is 2.81. The van der Waals surface area contributed by atoms with Gasteiger partial charge in [0, 0.05) is 11.8 Å². The van der Waals surface area contributed by atoms with Crippen molar-refractivity contribution in [3.8, 4) is 0 Å². The standard InChI is InChI=1S/C13H17NO/c1-9(2)5-13(15)14-12-7-10(3)6-11(4)8-12/h5-8H,1-4H3,(H,14,15). The molecular weight excluding hydrogens is 186 g/mol. The Bertz CT molecular complexity index is 381. The first kappa shape index (κ1) is 11.5. The average molecular weight is 203 g/mol. The van der Waals surface area contributed by atoms with Gasteiger partial charge < -0.3 is 5.32 Å². The van der Waals surface area contributed by atoms with Crippen LogP contribution < -0.4 is 5.32 Å². The monoisotopic (exact) mass is 203 g/mol. The molecule has 1 rings (SSSR count). The van der Waals surface area contributed by atoms with Gasteiger partial charge >= 0.3 is 0 Å². The number of anilines is 1. The summed E-state index contributed by atoms with van der Waals surface area (Å²) in [5, 5.41) is 2.84. The molecule has 0 bridgehead atoms. The van der Waals surface area contributed by atoms with E-state index >= 15 is 0 Å². The van der Waals surface area contributed by atoms with Gasteiger partial charge in [-0.15, -0.1) is 0 Å². The minimum Gasteiger partial charge on any atom is -0.322 e. The molecule has 15 heavy (non-hydrogen) atoms. The predicted molar refractivity (Wildman–Crippen MR) is 64.0 cm³/mol. The molecule has 0 fully saturated rings. The normalized spacial score (nSPS) is 9.60. The molecule has 0 heterocycles. The summed E-state index contributed by atoms with van der Waals surface area (Å²) in [6.07, 6.45) is 1.59. The number of rotatable bonds is 2. The van der Waals surface area contributed by atoms with Crippen LogP contribution in [-0.4, -0.2) is 5.91 Å². The zero-order valence-corrected chi connectivity index (χ0v) is 9.72. The van der Waals surface area contributed by atoms with Crippen LogP contribution in [0.4, 0.5) is 5.69 Å². The summed E-state index contributed by atoms with van der Waals surface area (Å²) in [6.45, 7) is 7.84. The molecule has 0 aromatic heterocycles. The van der Waals surface area contributed by atoms with Crippen LogP contribution in [0.15, 0.2) is 29.8 Å². The Kier molecular flexibility index (Phi) is 3.67. The maximum absolute atomic E-state index is 11.5. The predicted octanol–water partition coefficient (Wildman–Crippen LogP) is 3.21. The smallest absolute Gasteiger partial charge is 0.248 e. The van der Waals surface area contributed by atoms with E-state index in [4.69, 9.17) is 0 Å². The van der Waals surface area contributed by atoms with Crippen LogP contribution in [0.1, 0.15) is 25.0 Å². The van der Waals surface area contributed by atoms with Crippen molar-refractivity contribution in [1.82, 2.24) is 0 Å². The maximum Gasteiger partial charge on any atom is 0.248 e. The highest BCUT2D eigenvalue weighted by atomic mass is 16.1. The topological polar surface area (TPSA) is 29.1 Å². The molecule has 80 valence electrons. The van der Waals surface area contributed by atoms with E-state index in [1.807, 2.05) is 39.8 Å². The quantitative estimate of drug-likeness (QED) is 0.735. The number of aryl methyl sites for hydroxylation is 2. The lowest BCUT2D eigenvalue weighted by Crippen LogP contribution is -2.08. The van der Waals surface area contributed by atoms with Gasteiger partial charge in [0.1, 0.15) is 0 Å². The Hall–Kier alpha value is -1.57. The van der Waals surface area contributed by atoms with Crippen molar-refractivity contribution >= 4 is 11.6 Å². The molecule has 0 radical (unpaired) electrons. The van der Waals surface area contributed by atoms with Gasteiger partial charge in [-0.05, 0) is 51.0 Å². The van der Waals surface area contributed by atoms with Crippen molar-refractivity contribution in [1.29, 1.82) is 0 Å². The van der Waals surface area contributed by atoms with Gasteiger partial charge in [-0.3, -0.25) is 4.79 Å². The van der Waals surface area contributed by atoms with E-state index < -0.39 is 0 Å². The summed E-state index contributed by atoms with van der Waals surface area (Å²) in [5.41, 5.74) is 4.16. The minimum absolute atomic E-state index is 0.0694. The molecule has 1 aromatic carbocycles. The molecule has 0 spiro atoms. The van der Waals surface area contributed by atoms with Crippen LogP contribution in [-0.2, 0) is 4.79 Å². The molecular formula is C13H17NO. The number of hydrogen-bond donors (Lipinski definition) is 1. The van der Waals surface area contributed by atoms with Crippen LogP contribution in [0.5, 0.6) is 0 Å². The second-order valence-corrected chi connectivity index (χ2v) is 4.09. The second-order valence-electron chi connectivity index (χ2n) is 4.09. The zero-order valence-electron chi connectivity index (χ0n) is 9.72. The van der Waals surface area contributed by atoms with Gasteiger partial charge in [0.2, 0.25) is 5.91 Å². The lowest BCUT2D eigenvalue weighted by molar-refractivity contribution is -0.111. The van der Waals surface area contributed by atoms with E-state index in [1.54, 1.807) is 6.08 Å². The lowest BCUT2D eigenvalue weighted by atomic mass is 10.1. The molecule has 0 atom stereocenters. The SMILES string of the molecule is CC(C)=CC(=O)Nc1cc(C)cc(C)c1. The average Bonchev–Trinajstić information content (AvgIpc) is 1.98. The van der Waals surface area contributed by atoms with Crippen molar-refractivity contribution in [2.45, 2.75) is 27.7 Å². The molecule has 0 unspecified atom stereocenters. The Labute approximate surface area is 91.0 Å². The summed E-state index contributed by atoms with van der Waals surface area (Å²) in [7, 11) is 0. The van der Waals surface area contributed by atoms with E-state index in [1.165, 1.54) is 0 Å². The van der Waals surface area contributed by atoms with Gasteiger partial charge in [-0.25, -0.2) is 0 Å². The number of hydrogen-bond acceptors (Lipinski definition) is 1. The van der Waals surface area contributed by atoms with Crippen LogP contribution in [0, 0.1) is 13.8 Å². The van der Waals surface area contributed by atoms with Gasteiger partial charge in [-0.2, -0.15) is 0 Å². The summed E-state index contributed by atoms with van der Waals surface area (Å²) in [6, 6.07) is 6.00. The number of allylic oxidation sites excluding steroid dienone is 1. The first-order chi connectivity index (χ1) is 6.97. The van der Waals surface area contributed by atoms with Gasteiger partial charge in [0.05, 0.1) is 0 Å². The molecule has 0 aliphatic rings. The van der Waals surface area contributed by atoms with E-state index in [-0.39, 0.29) is 5.91 Å². The zero-order chi connectivity index (χ0) is 11.4. The molecule has 1 amide bonds. The molecule has 2 heteroatoms. The molecule has 1 N–H and O–H groups in total.